The van der Waals surface area contributed by atoms with Crippen molar-refractivity contribution in [1.82, 2.24) is 4.31 Å². The molecule has 2 amide bonds. The lowest BCUT2D eigenvalue weighted by Crippen LogP contribution is -2.20. The van der Waals surface area contributed by atoms with E-state index < -0.39 is 23.6 Å². The number of hydrogen-bond acceptors (Lipinski definition) is 5. The van der Waals surface area contributed by atoms with Crippen LogP contribution in [-0.2, 0) is 15.7 Å². The Labute approximate surface area is 187 Å². The summed E-state index contributed by atoms with van der Waals surface area (Å²) in [5.74, 6) is -0.827. The number of methoxy groups -OCH3 is 1. The van der Waals surface area contributed by atoms with E-state index in [9.17, 15) is 27.2 Å². The van der Waals surface area contributed by atoms with Crippen LogP contribution in [0.2, 0.25) is 0 Å². The highest BCUT2D eigenvalue weighted by Crippen LogP contribution is 2.30. The van der Waals surface area contributed by atoms with Crippen LogP contribution in [0.1, 0.15) is 25.3 Å². The minimum Gasteiger partial charge on any atom is -0.469 e. The normalized spacial score (nSPS) is 13.7. The third-order valence-electron chi connectivity index (χ3n) is 4.25. The van der Waals surface area contributed by atoms with Gasteiger partial charge in [0, 0.05) is 30.6 Å². The number of nitrogens with zero attached hydrogens (tertiary/aromatic N) is 1. The summed E-state index contributed by atoms with van der Waals surface area (Å²) in [6.07, 6.45) is -2.20. The topological polar surface area (TPSA) is 70.7 Å². The van der Waals surface area contributed by atoms with Crippen LogP contribution in [0.3, 0.4) is 0 Å². The van der Waals surface area contributed by atoms with Crippen molar-refractivity contribution in [3.63, 3.8) is 0 Å². The van der Waals surface area contributed by atoms with Gasteiger partial charge >= 0.3 is 18.2 Å². The van der Waals surface area contributed by atoms with Crippen LogP contribution in [0.5, 0.6) is 0 Å². The monoisotopic (exact) mass is 473 g/mol. The first-order chi connectivity index (χ1) is 15.1. The van der Waals surface area contributed by atoms with E-state index in [1.807, 2.05) is 0 Å². The summed E-state index contributed by atoms with van der Waals surface area (Å²) in [5.41, 5.74) is -0.655. The second-order valence-electron chi connectivity index (χ2n) is 6.72. The zero-order valence-electron chi connectivity index (χ0n) is 17.5. The molecule has 3 rings (SSSR count). The molecule has 1 heterocycles. The van der Waals surface area contributed by atoms with Crippen molar-refractivity contribution >= 4 is 35.3 Å². The first-order valence-electron chi connectivity index (χ1n) is 9.61. The van der Waals surface area contributed by atoms with Gasteiger partial charge in [-0.15, -0.1) is 0 Å². The van der Waals surface area contributed by atoms with Gasteiger partial charge in [0.25, 0.3) is 0 Å². The summed E-state index contributed by atoms with van der Waals surface area (Å²) in [7, 11) is 1.35. The van der Waals surface area contributed by atoms with Crippen molar-refractivity contribution in [3.8, 4) is 0 Å². The van der Waals surface area contributed by atoms with Crippen molar-refractivity contribution in [2.45, 2.75) is 30.8 Å². The van der Waals surface area contributed by atoms with Crippen molar-refractivity contribution in [2.24, 2.45) is 0 Å². The predicted octanol–water partition coefficient (Wildman–Crippen LogP) is 5.77. The fourth-order valence-electron chi connectivity index (χ4n) is 2.61. The quantitative estimate of drug-likeness (QED) is 0.335. The number of rotatable bonds is 4. The van der Waals surface area contributed by atoms with Crippen LogP contribution in [0.4, 0.5) is 33.7 Å². The number of benzene rings is 2. The Morgan fingerprint density at radius 3 is 2.12 bits per heavy atom. The first-order valence-corrected chi connectivity index (χ1v) is 10.4. The van der Waals surface area contributed by atoms with Gasteiger partial charge in [-0.2, -0.15) is 13.2 Å². The highest BCUT2D eigenvalue weighted by Gasteiger charge is 2.30. The second-order valence-corrected chi connectivity index (χ2v) is 7.89. The molecule has 32 heavy (non-hydrogen) atoms. The summed E-state index contributed by atoms with van der Waals surface area (Å²) in [6, 6.07) is 7.76. The molecular weight excluding hydrogens is 450 g/mol. The Morgan fingerprint density at radius 2 is 1.62 bits per heavy atom. The van der Waals surface area contributed by atoms with E-state index in [0.717, 1.165) is 55.1 Å². The Hall–Kier alpha value is -2.79. The molecule has 1 aliphatic heterocycles. The third-order valence-corrected chi connectivity index (χ3v) is 5.33. The number of halogens is 4. The number of esters is 1. The number of carbonyl (C=O) groups excluding carboxylic acids is 2. The number of alkyl halides is 3. The lowest BCUT2D eigenvalue weighted by Gasteiger charge is -2.14. The number of hydrogen-bond donors (Lipinski definition) is 2. The minimum atomic E-state index is -4.45. The molecular formula is C21H23F4N3O3S. The zero-order chi connectivity index (χ0) is 23.7. The van der Waals surface area contributed by atoms with E-state index in [0.29, 0.717) is 0 Å². The standard InChI is InChI=1S/C18H17F4N3OS.C3H6O2/c19-15-11-14(27-25-9-1-2-10-25)7-8-16(15)24-17(26)23-13-5-3-12(4-6-13)18(20,21)22;1-3(4)5-2/h3-8,11H,1-2,9-10H2,(H2,23,24,26);1-2H3. The van der Waals surface area contributed by atoms with Gasteiger partial charge in [0.05, 0.1) is 18.4 Å². The van der Waals surface area contributed by atoms with Crippen LogP contribution in [0.25, 0.3) is 0 Å². The molecule has 1 saturated heterocycles. The number of carbonyl (C=O) groups is 2. The summed E-state index contributed by atoms with van der Waals surface area (Å²) >= 11 is 1.47. The van der Waals surface area contributed by atoms with Gasteiger partial charge in [-0.05, 0) is 67.3 Å². The molecule has 2 N–H and O–H groups in total. The van der Waals surface area contributed by atoms with E-state index in [-0.39, 0.29) is 17.3 Å². The molecule has 2 aromatic carbocycles. The van der Waals surface area contributed by atoms with Crippen LogP contribution in [-0.4, -0.2) is 36.5 Å². The molecule has 2 aromatic rings. The third kappa shape index (κ3) is 8.39. The highest BCUT2D eigenvalue weighted by molar-refractivity contribution is 7.97. The number of urea groups is 1. The van der Waals surface area contributed by atoms with Gasteiger partial charge in [0.2, 0.25) is 0 Å². The molecule has 0 saturated carbocycles. The van der Waals surface area contributed by atoms with Crippen LogP contribution < -0.4 is 10.6 Å². The van der Waals surface area contributed by atoms with E-state index in [1.165, 1.54) is 38.1 Å². The minimum absolute atomic E-state index is 0.00909. The molecule has 1 aliphatic rings. The Morgan fingerprint density at radius 1 is 1.03 bits per heavy atom. The number of amides is 2. The van der Waals surface area contributed by atoms with Gasteiger partial charge in [0.1, 0.15) is 5.82 Å². The van der Waals surface area contributed by atoms with Crippen molar-refractivity contribution in [2.75, 3.05) is 30.8 Å². The molecule has 0 aromatic heterocycles. The van der Waals surface area contributed by atoms with E-state index in [2.05, 4.69) is 19.7 Å². The van der Waals surface area contributed by atoms with Crippen LogP contribution in [0, 0.1) is 5.82 Å². The molecule has 0 atom stereocenters. The SMILES string of the molecule is COC(C)=O.O=C(Nc1ccc(C(F)(F)F)cc1)Nc1ccc(SN2CCCC2)cc1F. The Bertz CT molecular complexity index is 917. The highest BCUT2D eigenvalue weighted by atomic mass is 32.2. The van der Waals surface area contributed by atoms with Gasteiger partial charge in [-0.3, -0.25) is 4.79 Å². The molecule has 0 radical (unpaired) electrons. The number of ether oxygens (including phenoxy) is 1. The fourth-order valence-corrected chi connectivity index (χ4v) is 3.63. The van der Waals surface area contributed by atoms with Gasteiger partial charge in [0.15, 0.2) is 0 Å². The average Bonchev–Trinajstić information content (AvgIpc) is 3.23. The lowest BCUT2D eigenvalue weighted by atomic mass is 10.2. The molecule has 1 fully saturated rings. The predicted molar refractivity (Wildman–Crippen MR) is 115 cm³/mol. The zero-order valence-corrected chi connectivity index (χ0v) is 18.3. The average molecular weight is 473 g/mol. The maximum atomic E-state index is 14.2. The molecule has 11 heteroatoms. The van der Waals surface area contributed by atoms with Crippen molar-refractivity contribution in [3.05, 3.63) is 53.8 Å². The van der Waals surface area contributed by atoms with Gasteiger partial charge in [-0.1, -0.05) is 0 Å². The molecule has 0 aliphatic carbocycles. The second kappa shape index (κ2) is 11.7. The molecule has 174 valence electrons. The number of anilines is 2. The summed E-state index contributed by atoms with van der Waals surface area (Å²) in [4.78, 5) is 22.3. The van der Waals surface area contributed by atoms with E-state index in [4.69, 9.17) is 0 Å². The maximum absolute atomic E-state index is 14.2. The number of nitrogens with one attached hydrogen (secondary N) is 2. The maximum Gasteiger partial charge on any atom is 0.416 e. The summed E-state index contributed by atoms with van der Waals surface area (Å²) in [5, 5.41) is 4.73. The lowest BCUT2D eigenvalue weighted by molar-refractivity contribution is -0.138. The largest absolute Gasteiger partial charge is 0.469 e. The first kappa shape index (κ1) is 25.5. The van der Waals surface area contributed by atoms with Gasteiger partial charge < -0.3 is 15.4 Å². The van der Waals surface area contributed by atoms with Gasteiger partial charge in [-0.25, -0.2) is 13.5 Å². The summed E-state index contributed by atoms with van der Waals surface area (Å²) in [6.45, 7) is 3.28. The van der Waals surface area contributed by atoms with Crippen molar-refractivity contribution < 1.29 is 31.9 Å². The van der Waals surface area contributed by atoms with Crippen LogP contribution >= 0.6 is 11.9 Å². The van der Waals surface area contributed by atoms with E-state index >= 15 is 0 Å². The molecule has 0 spiro atoms. The summed E-state index contributed by atoms with van der Waals surface area (Å²) < 4.78 is 58.1. The molecule has 6 nitrogen and oxygen atoms in total. The Kier molecular flexibility index (Phi) is 9.33. The molecule has 0 unspecified atom stereocenters. The molecule has 0 bridgehead atoms. The smallest absolute Gasteiger partial charge is 0.416 e. The van der Waals surface area contributed by atoms with E-state index in [1.54, 1.807) is 6.07 Å². The fraction of sp³-hybridized carbons (Fsp3) is 0.333. The van der Waals surface area contributed by atoms with Crippen molar-refractivity contribution in [1.29, 1.82) is 0 Å². The van der Waals surface area contributed by atoms with Crippen LogP contribution in [0.15, 0.2) is 47.4 Å². The Balaban J connectivity index is 0.000000654.